The SMILES string of the molecule is CC[C@H](C)[C@H](NC(=O)[C@H](CO)NC(=O)[C@H](CC(C)C)NC(=O)[C@H](CC(C)C)NC(=O)[C@H](CCCNC(=N)N)NC(=O)[C@H](CCCNC(=N)N)NC(=O)[C@H](CCCNC(=N)N)NC(=O)[C@H](CCCNC(=N)N)NC(=O)[C@H](Cc1ccc(O)cc1)NC)C(N)=O. The quantitative estimate of drug-likeness (QED) is 0.0165. The molecule has 33 heteroatoms. The molecule has 0 heterocycles. The number of aliphatic hydroxyl groups excluding tert-OH is 1. The van der Waals surface area contributed by atoms with Crippen molar-refractivity contribution in [1.82, 2.24) is 69.1 Å². The fraction of sp³-hybridized carbons (Fsp3) is 0.655. The first-order valence-electron chi connectivity index (χ1n) is 29.5. The minimum absolute atomic E-state index is 0.00810. The van der Waals surface area contributed by atoms with E-state index in [2.05, 4.69) is 69.1 Å². The van der Waals surface area contributed by atoms with Gasteiger partial charge in [-0.3, -0.25) is 64.8 Å². The van der Waals surface area contributed by atoms with Gasteiger partial charge < -0.3 is 108 Å². The number of carbonyl (C=O) groups excluding carboxylic acids is 9. The second-order valence-corrected chi connectivity index (χ2v) is 22.3. The standard InChI is InChI=1S/C55H100N22O11/c1-8-31(6)42(43(56)80)77-51(88)41(28-78)76-50(87)40(26-30(4)5)75-49(86)39(25-29(2)3)74-47(84)37(16-12-24-69-55(63)64)72-45(82)35(14-10-22-67-53(59)60)70-44(81)34(13-9-21-66-52(57)58)71-46(83)36(15-11-23-68-54(61)62)73-48(85)38(65-7)27-32-17-19-33(79)20-18-32/h17-20,29-31,34-42,65,78-79H,8-16,21-28H2,1-7H3,(H2,56,80)(H,70,81)(H,71,83)(H,72,82)(H,73,85)(H,74,84)(H,75,86)(H,76,87)(H,77,88)(H4,57,58,66)(H4,59,60,67)(H4,61,62,68)(H4,63,64,69)/t31-,34-,35-,36-,37-,38-,39-,40-,41-,42-/m0/s1. The molecule has 9 amide bonds. The van der Waals surface area contributed by atoms with E-state index in [1.54, 1.807) is 60.7 Å². The number of hydrogen-bond donors (Lipinski definition) is 24. The van der Waals surface area contributed by atoms with Gasteiger partial charge in [-0.25, -0.2) is 0 Å². The zero-order valence-corrected chi connectivity index (χ0v) is 51.7. The lowest BCUT2D eigenvalue weighted by atomic mass is 9.98. The van der Waals surface area contributed by atoms with Gasteiger partial charge in [0.2, 0.25) is 53.2 Å². The summed E-state index contributed by atoms with van der Waals surface area (Å²) in [4.78, 5) is 126. The Morgan fingerprint density at radius 3 is 1.00 bits per heavy atom. The van der Waals surface area contributed by atoms with Crippen LogP contribution in [0, 0.1) is 39.4 Å². The molecule has 0 aliphatic heterocycles. The van der Waals surface area contributed by atoms with E-state index < -0.39 is 114 Å². The number of likely N-dealkylation sites (N-methyl/N-ethyl adjacent to an activating group) is 1. The third kappa shape index (κ3) is 31.6. The number of nitrogens with one attached hydrogen (secondary N) is 17. The number of carbonyl (C=O) groups is 9. The van der Waals surface area contributed by atoms with Gasteiger partial charge in [0.15, 0.2) is 23.8 Å². The third-order valence-electron chi connectivity index (χ3n) is 13.8. The van der Waals surface area contributed by atoms with Crippen LogP contribution in [0.2, 0.25) is 0 Å². The van der Waals surface area contributed by atoms with Gasteiger partial charge in [-0.1, -0.05) is 60.1 Å². The van der Waals surface area contributed by atoms with Crippen LogP contribution in [0.15, 0.2) is 24.3 Å². The maximum absolute atomic E-state index is 14.6. The van der Waals surface area contributed by atoms with Gasteiger partial charge in [0.25, 0.3) is 0 Å². The second kappa shape index (κ2) is 41.4. The Labute approximate surface area is 514 Å². The van der Waals surface area contributed by atoms with Crippen LogP contribution >= 0.6 is 0 Å². The van der Waals surface area contributed by atoms with Gasteiger partial charge in [0.05, 0.1) is 12.6 Å². The molecule has 29 N–H and O–H groups in total. The number of guanidine groups is 4. The minimum atomic E-state index is -1.55. The van der Waals surface area contributed by atoms with Crippen molar-refractivity contribution in [2.75, 3.05) is 39.8 Å². The molecule has 0 unspecified atom stereocenters. The molecule has 0 fully saturated rings. The summed E-state index contributed by atoms with van der Waals surface area (Å²) in [7, 11) is 1.55. The lowest BCUT2D eigenvalue weighted by Gasteiger charge is -2.29. The van der Waals surface area contributed by atoms with Gasteiger partial charge in [-0.15, -0.1) is 0 Å². The van der Waals surface area contributed by atoms with Gasteiger partial charge >= 0.3 is 0 Å². The van der Waals surface area contributed by atoms with Gasteiger partial charge in [0, 0.05) is 26.2 Å². The van der Waals surface area contributed by atoms with E-state index in [-0.39, 0.29) is 144 Å². The van der Waals surface area contributed by atoms with E-state index in [1.165, 1.54) is 12.1 Å². The number of nitrogens with two attached hydrogens (primary N) is 5. The molecule has 0 aliphatic carbocycles. The van der Waals surface area contributed by atoms with Gasteiger partial charge in [-0.2, -0.15) is 0 Å². The lowest BCUT2D eigenvalue weighted by molar-refractivity contribution is -0.136. The summed E-state index contributed by atoms with van der Waals surface area (Å²) in [5.41, 5.74) is 28.3. The first kappa shape index (κ1) is 77.3. The number of aliphatic hydroxyl groups is 1. The Morgan fingerprint density at radius 1 is 0.443 bits per heavy atom. The fourth-order valence-corrected chi connectivity index (χ4v) is 8.88. The zero-order valence-electron chi connectivity index (χ0n) is 51.7. The predicted octanol–water partition coefficient (Wildman–Crippen LogP) is -4.93. The Balaban J connectivity index is 3.75. The van der Waals surface area contributed by atoms with Crippen LogP contribution in [0.5, 0.6) is 5.75 Å². The average molecular weight is 1250 g/mol. The van der Waals surface area contributed by atoms with E-state index in [1.807, 2.05) is 0 Å². The zero-order chi connectivity index (χ0) is 66.6. The van der Waals surface area contributed by atoms with Crippen LogP contribution in [-0.4, -0.2) is 181 Å². The molecule has 496 valence electrons. The first-order chi connectivity index (χ1) is 41.4. The van der Waals surface area contributed by atoms with Crippen molar-refractivity contribution in [3.8, 4) is 5.75 Å². The number of aromatic hydroxyl groups is 1. The first-order valence-corrected chi connectivity index (χ1v) is 29.5. The molecule has 0 bridgehead atoms. The van der Waals surface area contributed by atoms with Crippen molar-refractivity contribution < 1.29 is 53.4 Å². The predicted molar refractivity (Wildman–Crippen MR) is 331 cm³/mol. The molecule has 10 atom stereocenters. The molecule has 1 rings (SSSR count). The Hall–Kier alpha value is -8.75. The van der Waals surface area contributed by atoms with Crippen LogP contribution in [-0.2, 0) is 49.6 Å². The minimum Gasteiger partial charge on any atom is -0.508 e. The topological polar surface area (TPSA) is 576 Å². The van der Waals surface area contributed by atoms with Crippen LogP contribution < -0.4 is 97.8 Å². The molecular formula is C55H100N22O11. The van der Waals surface area contributed by atoms with Crippen molar-refractivity contribution in [2.45, 2.75) is 173 Å². The van der Waals surface area contributed by atoms with Crippen molar-refractivity contribution in [3.63, 3.8) is 0 Å². The molecule has 0 spiro atoms. The molecule has 0 radical (unpaired) electrons. The molecular weight excluding hydrogens is 1140 g/mol. The fourth-order valence-electron chi connectivity index (χ4n) is 8.88. The highest BCUT2D eigenvalue weighted by Crippen LogP contribution is 2.15. The molecule has 1 aromatic rings. The Morgan fingerprint density at radius 2 is 0.727 bits per heavy atom. The average Bonchev–Trinajstić information content (AvgIpc) is 3.52. The molecule has 0 saturated carbocycles. The second-order valence-electron chi connectivity index (χ2n) is 22.3. The van der Waals surface area contributed by atoms with Crippen molar-refractivity contribution >= 4 is 77.0 Å². The Kier molecular flexibility index (Phi) is 36.3. The van der Waals surface area contributed by atoms with Crippen LogP contribution in [0.25, 0.3) is 0 Å². The monoisotopic (exact) mass is 1240 g/mol. The van der Waals surface area contributed by atoms with E-state index >= 15 is 0 Å². The Bertz CT molecular complexity index is 2470. The highest BCUT2D eigenvalue weighted by molar-refractivity contribution is 5.98. The molecule has 88 heavy (non-hydrogen) atoms. The van der Waals surface area contributed by atoms with Crippen molar-refractivity contribution in [1.29, 1.82) is 21.6 Å². The largest absolute Gasteiger partial charge is 0.508 e. The van der Waals surface area contributed by atoms with Crippen molar-refractivity contribution in [3.05, 3.63) is 29.8 Å². The lowest BCUT2D eigenvalue weighted by Crippen LogP contribution is -2.61. The summed E-state index contributed by atoms with van der Waals surface area (Å²) in [6.07, 6.45) is 0.855. The maximum atomic E-state index is 14.6. The number of phenolic OH excluding ortho intramolecular Hbond substituents is 1. The molecule has 0 saturated heterocycles. The summed E-state index contributed by atoms with van der Waals surface area (Å²) in [5.74, 6) is -9.72. The van der Waals surface area contributed by atoms with Gasteiger partial charge in [0.1, 0.15) is 54.1 Å². The van der Waals surface area contributed by atoms with E-state index in [0.29, 0.717) is 12.0 Å². The third-order valence-corrected chi connectivity index (χ3v) is 13.8. The van der Waals surface area contributed by atoms with Crippen molar-refractivity contribution in [2.24, 2.45) is 46.4 Å². The highest BCUT2D eigenvalue weighted by Gasteiger charge is 2.36. The van der Waals surface area contributed by atoms with Crippen LogP contribution in [0.4, 0.5) is 0 Å². The summed E-state index contributed by atoms with van der Waals surface area (Å²) >= 11 is 0. The summed E-state index contributed by atoms with van der Waals surface area (Å²) in [6.45, 7) is 10.0. The summed E-state index contributed by atoms with van der Waals surface area (Å²) in [6, 6.07) is -5.58. The van der Waals surface area contributed by atoms with E-state index in [0.717, 1.165) is 0 Å². The molecule has 1 aromatic carbocycles. The van der Waals surface area contributed by atoms with E-state index in [9.17, 15) is 53.4 Å². The van der Waals surface area contributed by atoms with E-state index in [4.69, 9.17) is 50.3 Å². The molecule has 0 aliphatic rings. The smallest absolute Gasteiger partial charge is 0.245 e. The summed E-state index contributed by atoms with van der Waals surface area (Å²) in [5, 5.41) is 85.0. The summed E-state index contributed by atoms with van der Waals surface area (Å²) < 4.78 is 0. The number of hydrogen-bond acceptors (Lipinski definition) is 16. The number of amides is 9. The normalized spacial score (nSPS) is 14.4. The number of primary amides is 1. The maximum Gasteiger partial charge on any atom is 0.245 e. The molecule has 0 aromatic heterocycles. The van der Waals surface area contributed by atoms with Gasteiger partial charge in [-0.05, 0) is 113 Å². The number of benzene rings is 1. The van der Waals surface area contributed by atoms with Crippen LogP contribution in [0.3, 0.4) is 0 Å². The number of rotatable bonds is 43. The highest BCUT2D eigenvalue weighted by atomic mass is 16.3. The van der Waals surface area contributed by atoms with Crippen LogP contribution in [0.1, 0.15) is 118 Å². The number of phenols is 1. The molecule has 33 nitrogen and oxygen atoms in total.